The number of carboxylic acid groups (broad SMARTS) is 1. The summed E-state index contributed by atoms with van der Waals surface area (Å²) in [6, 6.07) is 8.73. The Labute approximate surface area is 128 Å². The zero-order chi connectivity index (χ0) is 15.2. The van der Waals surface area contributed by atoms with Crippen LogP contribution in [0.3, 0.4) is 0 Å². The van der Waals surface area contributed by atoms with E-state index in [-0.39, 0.29) is 17.8 Å². The van der Waals surface area contributed by atoms with Gasteiger partial charge in [0.1, 0.15) is 6.04 Å². The van der Waals surface area contributed by atoms with Gasteiger partial charge in [-0.1, -0.05) is 31.5 Å². The fourth-order valence-electron chi connectivity index (χ4n) is 2.38. The van der Waals surface area contributed by atoms with E-state index < -0.39 is 12.0 Å². The van der Waals surface area contributed by atoms with Crippen molar-refractivity contribution in [3.05, 3.63) is 30.3 Å². The normalized spacial score (nSPS) is 21.3. The molecule has 5 nitrogen and oxygen atoms in total. The number of carboxylic acids is 1. The predicted molar refractivity (Wildman–Crippen MR) is 84.4 cm³/mol. The fourth-order valence-corrected chi connectivity index (χ4v) is 3.92. The van der Waals surface area contributed by atoms with Crippen LogP contribution >= 0.6 is 11.8 Å². The minimum Gasteiger partial charge on any atom is -0.480 e. The third-order valence-corrected chi connectivity index (χ3v) is 4.77. The van der Waals surface area contributed by atoms with E-state index in [1.807, 2.05) is 37.3 Å². The Hall–Kier alpha value is -1.69. The van der Waals surface area contributed by atoms with Gasteiger partial charge in [0.25, 0.3) is 0 Å². The zero-order valence-corrected chi connectivity index (χ0v) is 12.8. The van der Waals surface area contributed by atoms with Crippen molar-refractivity contribution in [2.24, 2.45) is 0 Å². The number of amides is 1. The monoisotopic (exact) mass is 308 g/mol. The van der Waals surface area contributed by atoms with E-state index in [1.165, 1.54) is 4.90 Å². The predicted octanol–water partition coefficient (Wildman–Crippen LogP) is 2.25. The quantitative estimate of drug-likeness (QED) is 0.843. The molecular formula is C15H20N2O3S. The van der Waals surface area contributed by atoms with Gasteiger partial charge in [-0.3, -0.25) is 4.79 Å². The molecule has 2 atom stereocenters. The Kier molecular flexibility index (Phi) is 5.50. The molecule has 114 valence electrons. The zero-order valence-electron chi connectivity index (χ0n) is 12.0. The van der Waals surface area contributed by atoms with Gasteiger partial charge in [-0.15, -0.1) is 11.8 Å². The summed E-state index contributed by atoms with van der Waals surface area (Å²) in [6.07, 6.45) is 1.76. The van der Waals surface area contributed by atoms with Crippen LogP contribution in [0.4, 0.5) is 5.69 Å². The smallest absolute Gasteiger partial charge is 0.327 e. The molecule has 1 aliphatic rings. The van der Waals surface area contributed by atoms with Crippen LogP contribution in [-0.2, 0) is 9.59 Å². The van der Waals surface area contributed by atoms with Crippen molar-refractivity contribution in [2.45, 2.75) is 31.2 Å². The number of para-hydroxylation sites is 1. The van der Waals surface area contributed by atoms with Crippen LogP contribution in [0, 0.1) is 0 Å². The number of anilines is 1. The standard InChI is InChI=1S/C15H20N2O3S/c1-2-6-14-17(12(10-21-14)15(19)20)13(18)9-16-11-7-4-3-5-8-11/h3-5,7-8,12,14,16H,2,6,9-10H2,1H3,(H,19,20). The van der Waals surface area contributed by atoms with Gasteiger partial charge in [0.15, 0.2) is 0 Å². The molecule has 0 aliphatic carbocycles. The number of nitrogens with one attached hydrogen (secondary N) is 1. The molecule has 0 spiro atoms. The van der Waals surface area contributed by atoms with Crippen molar-refractivity contribution in [2.75, 3.05) is 17.6 Å². The first kappa shape index (κ1) is 15.7. The number of nitrogens with zero attached hydrogens (tertiary/aromatic N) is 1. The van der Waals surface area contributed by atoms with Gasteiger partial charge in [0.2, 0.25) is 5.91 Å². The summed E-state index contributed by atoms with van der Waals surface area (Å²) in [4.78, 5) is 25.3. The summed E-state index contributed by atoms with van der Waals surface area (Å²) in [6.45, 7) is 2.16. The maximum atomic E-state index is 12.4. The second-order valence-electron chi connectivity index (χ2n) is 4.95. The third kappa shape index (κ3) is 3.91. The Bertz CT molecular complexity index is 495. The average molecular weight is 308 g/mol. The second kappa shape index (κ2) is 7.36. The number of carbonyl (C=O) groups excluding carboxylic acids is 1. The molecule has 1 heterocycles. The Morgan fingerprint density at radius 3 is 2.71 bits per heavy atom. The number of thioether (sulfide) groups is 1. The highest BCUT2D eigenvalue weighted by atomic mass is 32.2. The van der Waals surface area contributed by atoms with Crippen molar-refractivity contribution < 1.29 is 14.7 Å². The van der Waals surface area contributed by atoms with Crippen LogP contribution in [0.1, 0.15) is 19.8 Å². The van der Waals surface area contributed by atoms with E-state index in [0.717, 1.165) is 18.5 Å². The SMILES string of the molecule is CCCC1SCC(C(=O)O)N1C(=O)CNc1ccccc1. The Morgan fingerprint density at radius 2 is 2.10 bits per heavy atom. The van der Waals surface area contributed by atoms with Gasteiger partial charge in [-0.05, 0) is 18.6 Å². The summed E-state index contributed by atoms with van der Waals surface area (Å²) in [5, 5.41) is 12.3. The first-order chi connectivity index (χ1) is 10.1. The molecule has 1 saturated heterocycles. The highest BCUT2D eigenvalue weighted by Gasteiger charge is 2.40. The lowest BCUT2D eigenvalue weighted by molar-refractivity contribution is -0.148. The Morgan fingerprint density at radius 1 is 1.38 bits per heavy atom. The van der Waals surface area contributed by atoms with Crippen molar-refractivity contribution in [1.29, 1.82) is 0 Å². The maximum absolute atomic E-state index is 12.4. The lowest BCUT2D eigenvalue weighted by Gasteiger charge is -2.27. The maximum Gasteiger partial charge on any atom is 0.327 e. The molecule has 0 bridgehead atoms. The highest BCUT2D eigenvalue weighted by Crippen LogP contribution is 2.32. The van der Waals surface area contributed by atoms with Gasteiger partial charge < -0.3 is 15.3 Å². The summed E-state index contributed by atoms with van der Waals surface area (Å²) in [5.74, 6) is -0.610. The van der Waals surface area contributed by atoms with Crippen LogP contribution in [-0.4, -0.2) is 45.6 Å². The van der Waals surface area contributed by atoms with Crippen LogP contribution in [0.2, 0.25) is 0 Å². The molecule has 1 aromatic rings. The number of hydrogen-bond acceptors (Lipinski definition) is 4. The first-order valence-corrected chi connectivity index (χ1v) is 8.13. The van der Waals surface area contributed by atoms with E-state index in [9.17, 15) is 14.7 Å². The van der Waals surface area contributed by atoms with Gasteiger partial charge in [0.05, 0.1) is 11.9 Å². The minimum absolute atomic E-state index is 0.0267. The molecule has 0 aromatic heterocycles. The fraction of sp³-hybridized carbons (Fsp3) is 0.467. The number of hydrogen-bond donors (Lipinski definition) is 2. The van der Waals surface area contributed by atoms with E-state index >= 15 is 0 Å². The molecular weight excluding hydrogens is 288 g/mol. The molecule has 2 unspecified atom stereocenters. The van der Waals surface area contributed by atoms with E-state index in [4.69, 9.17) is 0 Å². The van der Waals surface area contributed by atoms with Gasteiger partial charge in [-0.2, -0.15) is 0 Å². The van der Waals surface area contributed by atoms with Crippen LogP contribution in [0.15, 0.2) is 30.3 Å². The van der Waals surface area contributed by atoms with Crippen molar-refractivity contribution in [3.63, 3.8) is 0 Å². The molecule has 1 aromatic carbocycles. The molecule has 21 heavy (non-hydrogen) atoms. The first-order valence-electron chi connectivity index (χ1n) is 7.08. The summed E-state index contributed by atoms with van der Waals surface area (Å²) in [5.41, 5.74) is 0.858. The summed E-state index contributed by atoms with van der Waals surface area (Å²) < 4.78 is 0. The Balaban J connectivity index is 2.01. The van der Waals surface area contributed by atoms with Crippen LogP contribution in [0.5, 0.6) is 0 Å². The highest BCUT2D eigenvalue weighted by molar-refractivity contribution is 8.00. The average Bonchev–Trinajstić information content (AvgIpc) is 2.90. The molecule has 0 radical (unpaired) electrons. The van der Waals surface area contributed by atoms with E-state index in [2.05, 4.69) is 5.32 Å². The summed E-state index contributed by atoms with van der Waals surface area (Å²) >= 11 is 1.56. The lowest BCUT2D eigenvalue weighted by atomic mass is 10.2. The third-order valence-electron chi connectivity index (χ3n) is 3.42. The van der Waals surface area contributed by atoms with E-state index in [1.54, 1.807) is 11.8 Å². The molecule has 1 amide bonds. The lowest BCUT2D eigenvalue weighted by Crippen LogP contribution is -2.47. The molecule has 1 fully saturated rings. The summed E-state index contributed by atoms with van der Waals surface area (Å²) in [7, 11) is 0. The van der Waals surface area contributed by atoms with Gasteiger partial charge in [-0.25, -0.2) is 4.79 Å². The van der Waals surface area contributed by atoms with Crippen LogP contribution in [0.25, 0.3) is 0 Å². The molecule has 1 aliphatic heterocycles. The number of rotatable bonds is 6. The minimum atomic E-state index is -0.922. The molecule has 6 heteroatoms. The van der Waals surface area contributed by atoms with Crippen molar-refractivity contribution >= 4 is 29.3 Å². The molecule has 2 N–H and O–H groups in total. The van der Waals surface area contributed by atoms with Gasteiger partial charge in [0, 0.05) is 11.4 Å². The largest absolute Gasteiger partial charge is 0.480 e. The number of carbonyl (C=O) groups is 2. The topological polar surface area (TPSA) is 69.6 Å². The van der Waals surface area contributed by atoms with Gasteiger partial charge >= 0.3 is 5.97 Å². The number of aliphatic carboxylic acids is 1. The second-order valence-corrected chi connectivity index (χ2v) is 6.16. The van der Waals surface area contributed by atoms with Crippen molar-refractivity contribution in [3.8, 4) is 0 Å². The van der Waals surface area contributed by atoms with E-state index in [0.29, 0.717) is 5.75 Å². The van der Waals surface area contributed by atoms with Crippen molar-refractivity contribution in [1.82, 2.24) is 4.90 Å². The molecule has 2 rings (SSSR count). The van der Waals surface area contributed by atoms with Crippen LogP contribution < -0.4 is 5.32 Å². The molecule has 0 saturated carbocycles. The number of benzene rings is 1.